The predicted octanol–water partition coefficient (Wildman–Crippen LogP) is 0.0879. The maximum Gasteiger partial charge on any atom is 0.0739 e. The molecule has 1 aliphatic heterocycles. The Morgan fingerprint density at radius 2 is 2.36 bits per heavy atom. The zero-order valence-electron chi connectivity index (χ0n) is 7.29. The van der Waals surface area contributed by atoms with Crippen molar-refractivity contribution in [1.29, 1.82) is 0 Å². The zero-order chi connectivity index (χ0) is 8.27. The number of hydrogen-bond acceptors (Lipinski definition) is 3. The second-order valence-electron chi connectivity index (χ2n) is 3.07. The van der Waals surface area contributed by atoms with Crippen LogP contribution in [0.15, 0.2) is 0 Å². The van der Waals surface area contributed by atoms with E-state index in [0.29, 0.717) is 13.2 Å². The number of hydrogen-bond donors (Lipinski definition) is 1. The molecular formula is C8H17NO2. The van der Waals surface area contributed by atoms with Gasteiger partial charge in [0.15, 0.2) is 0 Å². The molecule has 1 rings (SSSR count). The van der Waals surface area contributed by atoms with E-state index in [2.05, 4.69) is 11.8 Å². The van der Waals surface area contributed by atoms with Crippen LogP contribution in [0.25, 0.3) is 0 Å². The van der Waals surface area contributed by atoms with Gasteiger partial charge in [0.25, 0.3) is 0 Å². The third-order valence-electron chi connectivity index (χ3n) is 2.36. The lowest BCUT2D eigenvalue weighted by atomic mass is 10.1. The minimum atomic E-state index is -0.200. The monoisotopic (exact) mass is 159 g/mol. The normalized spacial score (nSPS) is 32.7. The van der Waals surface area contributed by atoms with E-state index in [4.69, 9.17) is 4.74 Å². The number of nitrogens with zero attached hydrogens (tertiary/aromatic N) is 1. The van der Waals surface area contributed by atoms with Crippen molar-refractivity contribution in [2.24, 2.45) is 0 Å². The molecule has 0 aromatic rings. The molecule has 0 bridgehead atoms. The Hall–Kier alpha value is -0.120. The number of aliphatic hydroxyl groups excluding tert-OH is 1. The van der Waals surface area contributed by atoms with Crippen molar-refractivity contribution in [2.75, 3.05) is 26.8 Å². The molecule has 1 fully saturated rings. The highest BCUT2D eigenvalue weighted by molar-refractivity contribution is 4.79. The first-order valence-corrected chi connectivity index (χ1v) is 4.21. The molecule has 1 N–H and O–H groups in total. The molecule has 0 saturated carbocycles. The fourth-order valence-electron chi connectivity index (χ4n) is 1.37. The first-order valence-electron chi connectivity index (χ1n) is 4.21. The van der Waals surface area contributed by atoms with Crippen LogP contribution < -0.4 is 0 Å². The standard InChI is InChI=1S/C8H17NO2/c1-3-9(2)7-6-11-5-4-8(7)10/h7-8,10H,3-6H2,1-2H3. The first-order chi connectivity index (χ1) is 5.25. The van der Waals surface area contributed by atoms with Gasteiger partial charge in [0.1, 0.15) is 0 Å². The second kappa shape index (κ2) is 4.04. The molecular weight excluding hydrogens is 142 g/mol. The molecule has 0 aromatic heterocycles. The number of aliphatic hydroxyl groups is 1. The zero-order valence-corrected chi connectivity index (χ0v) is 7.29. The number of ether oxygens (including phenoxy) is 1. The fourth-order valence-corrected chi connectivity index (χ4v) is 1.37. The van der Waals surface area contributed by atoms with E-state index in [-0.39, 0.29) is 12.1 Å². The summed E-state index contributed by atoms with van der Waals surface area (Å²) in [5, 5.41) is 9.55. The Kier molecular flexibility index (Phi) is 3.30. The van der Waals surface area contributed by atoms with Crippen molar-refractivity contribution in [2.45, 2.75) is 25.5 Å². The van der Waals surface area contributed by atoms with E-state index in [1.54, 1.807) is 0 Å². The van der Waals surface area contributed by atoms with Crippen molar-refractivity contribution in [3.8, 4) is 0 Å². The van der Waals surface area contributed by atoms with Gasteiger partial charge in [-0.1, -0.05) is 6.92 Å². The van der Waals surface area contributed by atoms with Gasteiger partial charge in [0.2, 0.25) is 0 Å². The van der Waals surface area contributed by atoms with Crippen molar-refractivity contribution in [3.63, 3.8) is 0 Å². The van der Waals surface area contributed by atoms with Crippen LogP contribution in [0.1, 0.15) is 13.3 Å². The van der Waals surface area contributed by atoms with Crippen LogP contribution in [0.5, 0.6) is 0 Å². The summed E-state index contributed by atoms with van der Waals surface area (Å²) < 4.78 is 5.27. The average molecular weight is 159 g/mol. The van der Waals surface area contributed by atoms with E-state index < -0.39 is 0 Å². The number of likely N-dealkylation sites (N-methyl/N-ethyl adjacent to an activating group) is 1. The van der Waals surface area contributed by atoms with E-state index in [1.807, 2.05) is 7.05 Å². The molecule has 2 atom stereocenters. The summed E-state index contributed by atoms with van der Waals surface area (Å²) >= 11 is 0. The summed E-state index contributed by atoms with van der Waals surface area (Å²) in [6.07, 6.45) is 0.573. The summed E-state index contributed by atoms with van der Waals surface area (Å²) in [7, 11) is 2.02. The maximum absolute atomic E-state index is 9.55. The Balaban J connectivity index is 2.40. The summed E-state index contributed by atoms with van der Waals surface area (Å²) in [4.78, 5) is 2.13. The van der Waals surface area contributed by atoms with Gasteiger partial charge >= 0.3 is 0 Å². The Bertz CT molecular complexity index is 115. The SMILES string of the molecule is CCN(C)C1COCCC1O. The minimum absolute atomic E-state index is 0.200. The molecule has 1 aliphatic rings. The van der Waals surface area contributed by atoms with Crippen molar-refractivity contribution < 1.29 is 9.84 Å². The molecule has 3 heteroatoms. The van der Waals surface area contributed by atoms with Crippen LogP contribution >= 0.6 is 0 Å². The van der Waals surface area contributed by atoms with Crippen LogP contribution in [0, 0.1) is 0 Å². The molecule has 0 spiro atoms. The van der Waals surface area contributed by atoms with E-state index in [0.717, 1.165) is 13.0 Å². The lowest BCUT2D eigenvalue weighted by Crippen LogP contribution is -2.47. The Morgan fingerprint density at radius 3 is 2.91 bits per heavy atom. The van der Waals surface area contributed by atoms with Crippen molar-refractivity contribution in [1.82, 2.24) is 4.90 Å². The molecule has 11 heavy (non-hydrogen) atoms. The van der Waals surface area contributed by atoms with Gasteiger partial charge in [0.05, 0.1) is 18.8 Å². The first kappa shape index (κ1) is 8.97. The molecule has 66 valence electrons. The lowest BCUT2D eigenvalue weighted by Gasteiger charge is -2.34. The predicted molar refractivity (Wildman–Crippen MR) is 43.5 cm³/mol. The molecule has 0 amide bonds. The third-order valence-corrected chi connectivity index (χ3v) is 2.36. The minimum Gasteiger partial charge on any atom is -0.391 e. The molecule has 2 unspecified atom stereocenters. The van der Waals surface area contributed by atoms with Gasteiger partial charge in [-0.15, -0.1) is 0 Å². The second-order valence-corrected chi connectivity index (χ2v) is 3.07. The van der Waals surface area contributed by atoms with Gasteiger partial charge in [-0.05, 0) is 20.0 Å². The highest BCUT2D eigenvalue weighted by Gasteiger charge is 2.25. The smallest absolute Gasteiger partial charge is 0.0739 e. The van der Waals surface area contributed by atoms with Gasteiger partial charge in [-0.2, -0.15) is 0 Å². The van der Waals surface area contributed by atoms with Gasteiger partial charge in [-0.25, -0.2) is 0 Å². The van der Waals surface area contributed by atoms with Crippen LogP contribution in [-0.2, 0) is 4.74 Å². The van der Waals surface area contributed by atoms with E-state index in [1.165, 1.54) is 0 Å². The van der Waals surface area contributed by atoms with Gasteiger partial charge < -0.3 is 9.84 Å². The maximum atomic E-state index is 9.55. The summed E-state index contributed by atoms with van der Waals surface area (Å²) in [6.45, 7) is 4.42. The average Bonchev–Trinajstić information content (AvgIpc) is 2.04. The Morgan fingerprint density at radius 1 is 1.64 bits per heavy atom. The summed E-state index contributed by atoms with van der Waals surface area (Å²) in [6, 6.07) is 0.203. The topological polar surface area (TPSA) is 32.7 Å². The molecule has 3 nitrogen and oxygen atoms in total. The van der Waals surface area contributed by atoms with Crippen molar-refractivity contribution >= 4 is 0 Å². The highest BCUT2D eigenvalue weighted by atomic mass is 16.5. The molecule has 0 aromatic carbocycles. The Labute approximate surface area is 68.0 Å². The largest absolute Gasteiger partial charge is 0.391 e. The molecule has 1 saturated heterocycles. The van der Waals surface area contributed by atoms with Crippen LogP contribution in [-0.4, -0.2) is 49.0 Å². The molecule has 1 heterocycles. The van der Waals surface area contributed by atoms with Gasteiger partial charge in [0, 0.05) is 6.61 Å². The van der Waals surface area contributed by atoms with Crippen LogP contribution in [0.4, 0.5) is 0 Å². The van der Waals surface area contributed by atoms with E-state index in [9.17, 15) is 5.11 Å². The van der Waals surface area contributed by atoms with Crippen LogP contribution in [0.3, 0.4) is 0 Å². The molecule has 0 aliphatic carbocycles. The molecule has 0 radical (unpaired) electrons. The highest BCUT2D eigenvalue weighted by Crippen LogP contribution is 2.12. The summed E-state index contributed by atoms with van der Waals surface area (Å²) in [5.41, 5.74) is 0. The quantitative estimate of drug-likeness (QED) is 0.619. The third kappa shape index (κ3) is 2.15. The summed E-state index contributed by atoms with van der Waals surface area (Å²) in [5.74, 6) is 0. The van der Waals surface area contributed by atoms with Gasteiger partial charge in [-0.3, -0.25) is 4.90 Å². The van der Waals surface area contributed by atoms with Crippen molar-refractivity contribution in [3.05, 3.63) is 0 Å². The fraction of sp³-hybridized carbons (Fsp3) is 1.00. The number of rotatable bonds is 2. The van der Waals surface area contributed by atoms with Crippen LogP contribution in [0.2, 0.25) is 0 Å². The lowest BCUT2D eigenvalue weighted by molar-refractivity contribution is -0.0528. The van der Waals surface area contributed by atoms with E-state index >= 15 is 0 Å².